The van der Waals surface area contributed by atoms with Crippen LogP contribution in [0.2, 0.25) is 0 Å². The van der Waals surface area contributed by atoms with E-state index in [4.69, 9.17) is 30.0 Å². The number of nitrogens with two attached hydrogens (primary N) is 1. The number of nitrogens with one attached hydrogen (secondary N) is 1. The molecule has 3 unspecified atom stereocenters. The van der Waals surface area contributed by atoms with Crippen molar-refractivity contribution in [3.63, 3.8) is 0 Å². The number of phosphoric ester groups is 1. The first-order valence-electron chi connectivity index (χ1n) is 21.1. The average molecular weight is 1010 g/mol. The minimum absolute atomic E-state index is 0.0942. The SMILES string of the molecule is CC[N+]1=c2cc3c(cc2CCC1)=Nc1cc2c(cc1O3)N(CCCC(=O)NCC#Cc1cn([C@H]3CC[C@@H](COP(=O)(O)OP(=O)(O)OP(=O)(O)O)O3)c(=O)nc1N)C(C)(C)CC2CS(=O)(=O)O. The highest BCUT2D eigenvalue weighted by molar-refractivity contribution is 7.85. The van der Waals surface area contributed by atoms with Gasteiger partial charge in [0, 0.05) is 54.4 Å². The Morgan fingerprint density at radius 3 is 2.57 bits per heavy atom. The monoisotopic (exact) mass is 1010 g/mol. The fourth-order valence-electron chi connectivity index (χ4n) is 8.75. The molecule has 5 heterocycles. The molecule has 28 heteroatoms. The van der Waals surface area contributed by atoms with E-state index in [-0.39, 0.29) is 43.1 Å². The number of carbonyl (C=O) groups is 1. The van der Waals surface area contributed by atoms with Crippen molar-refractivity contribution in [3.05, 3.63) is 68.4 Å². The van der Waals surface area contributed by atoms with Crippen molar-refractivity contribution in [3.8, 4) is 23.3 Å². The predicted molar refractivity (Wildman–Crippen MR) is 239 cm³/mol. The van der Waals surface area contributed by atoms with E-state index in [0.29, 0.717) is 47.5 Å². The van der Waals surface area contributed by atoms with Crippen LogP contribution in [0.5, 0.6) is 11.5 Å². The molecule has 7 rings (SSSR count). The van der Waals surface area contributed by atoms with Crippen LogP contribution >= 0.6 is 23.5 Å². The molecule has 3 aromatic rings. The van der Waals surface area contributed by atoms with Gasteiger partial charge in [-0.2, -0.15) is 22.0 Å². The van der Waals surface area contributed by atoms with E-state index in [1.807, 2.05) is 32.0 Å². The topological polar surface area (TPSA) is 341 Å². The molecule has 2 aromatic carbocycles. The largest absolute Gasteiger partial charge is 0.490 e. The zero-order chi connectivity index (χ0) is 48.7. The minimum Gasteiger partial charge on any atom is -0.452 e. The summed E-state index contributed by atoms with van der Waals surface area (Å²) in [4.78, 5) is 73.1. The van der Waals surface area contributed by atoms with Gasteiger partial charge in [0.1, 0.15) is 36.2 Å². The fourth-order valence-corrected chi connectivity index (χ4v) is 12.6. The summed E-state index contributed by atoms with van der Waals surface area (Å²) in [5.41, 5.74) is 7.85. The molecule has 8 N–H and O–H groups in total. The minimum atomic E-state index is -5.71. The number of carbonyl (C=O) groups excluding carboxylic acids is 1. The summed E-state index contributed by atoms with van der Waals surface area (Å²) < 4.78 is 96.6. The molecular formula is C39H51N7O17P3S+. The van der Waals surface area contributed by atoms with Gasteiger partial charge in [0.2, 0.25) is 11.3 Å². The van der Waals surface area contributed by atoms with E-state index in [0.717, 1.165) is 41.5 Å². The normalized spacial score (nSPS) is 21.5. The Morgan fingerprint density at radius 2 is 1.85 bits per heavy atom. The zero-order valence-corrected chi connectivity index (χ0v) is 40.0. The molecule has 67 heavy (non-hydrogen) atoms. The lowest BCUT2D eigenvalue weighted by molar-refractivity contribution is -0.120. The highest BCUT2D eigenvalue weighted by Gasteiger charge is 2.43. The summed E-state index contributed by atoms with van der Waals surface area (Å²) >= 11 is 0. The Balaban J connectivity index is 0.973. The number of nitrogens with zero attached hydrogens (tertiary/aromatic N) is 5. The van der Waals surface area contributed by atoms with Gasteiger partial charge in [0.15, 0.2) is 11.5 Å². The van der Waals surface area contributed by atoms with Crippen LogP contribution < -0.4 is 41.7 Å². The summed E-state index contributed by atoms with van der Waals surface area (Å²) in [5, 5.41) is 4.55. The van der Waals surface area contributed by atoms with E-state index in [1.165, 1.54) is 11.8 Å². The van der Waals surface area contributed by atoms with Crippen molar-refractivity contribution in [2.24, 2.45) is 4.99 Å². The highest BCUT2D eigenvalue weighted by atomic mass is 32.2. The molecular weight excluding hydrogens is 963 g/mol. The van der Waals surface area contributed by atoms with Crippen LogP contribution in [0, 0.1) is 11.8 Å². The molecule has 4 aliphatic rings. The van der Waals surface area contributed by atoms with Crippen LogP contribution in [0.15, 0.2) is 40.2 Å². The first-order chi connectivity index (χ1) is 31.3. The molecule has 5 atom stereocenters. The Kier molecular flexibility index (Phi) is 14.7. The van der Waals surface area contributed by atoms with Crippen LogP contribution in [0.25, 0.3) is 0 Å². The number of hydrogen-bond donors (Lipinski definition) is 7. The van der Waals surface area contributed by atoms with Crippen LogP contribution in [0.3, 0.4) is 0 Å². The van der Waals surface area contributed by atoms with E-state index < -0.39 is 75.4 Å². The van der Waals surface area contributed by atoms with Gasteiger partial charge in [0.25, 0.3) is 10.1 Å². The molecule has 24 nitrogen and oxygen atoms in total. The number of nitrogen functional groups attached to an aromatic ring is 1. The molecule has 364 valence electrons. The summed E-state index contributed by atoms with van der Waals surface area (Å²) in [6.45, 7) is 7.50. The van der Waals surface area contributed by atoms with Crippen molar-refractivity contribution < 1.29 is 73.7 Å². The maximum Gasteiger partial charge on any atom is 0.490 e. The number of aryl methyl sites for hydroxylation is 1. The first-order valence-corrected chi connectivity index (χ1v) is 27.2. The molecule has 1 amide bonds. The summed E-state index contributed by atoms with van der Waals surface area (Å²) in [5.74, 6) is 5.16. The lowest BCUT2D eigenvalue weighted by Gasteiger charge is -2.48. The second kappa shape index (κ2) is 19.6. The van der Waals surface area contributed by atoms with Crippen molar-refractivity contribution in [2.45, 2.75) is 89.5 Å². The molecule has 0 aliphatic carbocycles. The third kappa shape index (κ3) is 12.6. The maximum absolute atomic E-state index is 13.0. The molecule has 1 fully saturated rings. The molecule has 1 saturated heterocycles. The van der Waals surface area contributed by atoms with Gasteiger partial charge in [-0.05, 0) is 70.6 Å². The van der Waals surface area contributed by atoms with Crippen molar-refractivity contribution >= 4 is 56.7 Å². The standard InChI is InChI=1S/C39H50N7O17P3S/c1-4-44-14-6-9-24-16-29-33(18-31(24)44)61-34-19-32-28(17-30(34)42-29)26(23-67(56,57)58)20-39(2,3)46(32)15-7-10-35(47)41-13-5-8-25-21-45(38(48)43-37(25)40)36-12-11-27(60-36)22-59-65(52,53)63-66(54,55)62-64(49,50)51/h16-19,21,26-27,36H,4,6-7,9-15,20,22-23H2,1-3H3,(H7-,40,41,43,47,48,49,50,51,52,53,54,55,56,57,58)/p+1/t26?,27-,36+/m0/s1. The van der Waals surface area contributed by atoms with E-state index >= 15 is 0 Å². The van der Waals surface area contributed by atoms with Crippen molar-refractivity contribution in [2.75, 3.05) is 49.2 Å². The van der Waals surface area contributed by atoms with Gasteiger partial charge < -0.3 is 45.0 Å². The Hall–Kier alpha value is -4.37. The summed E-state index contributed by atoms with van der Waals surface area (Å²) in [6, 6.07) is 7.78. The van der Waals surface area contributed by atoms with Crippen LogP contribution in [-0.2, 0) is 52.9 Å². The molecule has 0 spiro atoms. The highest BCUT2D eigenvalue weighted by Crippen LogP contribution is 2.66. The molecule has 4 aliphatic heterocycles. The third-order valence-corrected chi connectivity index (χ3v) is 16.2. The number of aromatic nitrogens is 2. The lowest BCUT2D eigenvalue weighted by Crippen LogP contribution is -2.50. The Labute approximate surface area is 384 Å². The summed E-state index contributed by atoms with van der Waals surface area (Å²) in [6.07, 6.45) is 2.56. The van der Waals surface area contributed by atoms with Crippen molar-refractivity contribution in [1.29, 1.82) is 0 Å². The molecule has 0 radical (unpaired) electrons. The second-order valence-corrected chi connectivity index (χ2v) is 22.8. The van der Waals surface area contributed by atoms with Crippen LogP contribution in [-0.4, -0.2) is 98.2 Å². The molecule has 0 saturated carbocycles. The molecule has 0 bridgehead atoms. The van der Waals surface area contributed by atoms with Crippen molar-refractivity contribution in [1.82, 2.24) is 19.4 Å². The van der Waals surface area contributed by atoms with Gasteiger partial charge in [-0.15, -0.1) is 0 Å². The quantitative estimate of drug-likeness (QED) is 0.0366. The number of rotatable bonds is 16. The first kappa shape index (κ1) is 50.5. The van der Waals surface area contributed by atoms with Crippen LogP contribution in [0.4, 0.5) is 17.2 Å². The Bertz CT molecular complexity index is 2990. The predicted octanol–water partition coefficient (Wildman–Crippen LogP) is 2.27. The second-order valence-electron chi connectivity index (χ2n) is 16.9. The van der Waals surface area contributed by atoms with Gasteiger partial charge in [0.05, 0.1) is 36.6 Å². The Morgan fingerprint density at radius 1 is 1.09 bits per heavy atom. The van der Waals surface area contributed by atoms with Gasteiger partial charge in [-0.25, -0.2) is 28.1 Å². The number of anilines is 2. The lowest BCUT2D eigenvalue weighted by atomic mass is 9.79. The van der Waals surface area contributed by atoms with E-state index in [1.54, 1.807) is 0 Å². The zero-order valence-electron chi connectivity index (χ0n) is 36.5. The van der Waals surface area contributed by atoms with Crippen LogP contribution in [0.1, 0.15) is 88.1 Å². The third-order valence-electron chi connectivity index (χ3n) is 11.5. The number of phosphoric acid groups is 3. The number of ether oxygens (including phenoxy) is 2. The molecule has 1 aromatic heterocycles. The number of fused-ring (bicyclic) bond motifs is 4. The fraction of sp³-hybridized carbons (Fsp3) is 0.513. The number of amides is 1. The van der Waals surface area contributed by atoms with E-state index in [9.17, 15) is 46.0 Å². The average Bonchev–Trinajstić information content (AvgIpc) is 3.68. The van der Waals surface area contributed by atoms with Gasteiger partial charge in [-0.3, -0.25) is 18.4 Å². The smallest absolute Gasteiger partial charge is 0.452 e. The van der Waals surface area contributed by atoms with E-state index in [2.05, 4.69) is 57.8 Å². The van der Waals surface area contributed by atoms with Gasteiger partial charge in [-0.1, -0.05) is 11.8 Å². The number of hydrogen-bond acceptors (Lipinski definition) is 16. The van der Waals surface area contributed by atoms with Gasteiger partial charge >= 0.3 is 29.2 Å². The summed E-state index contributed by atoms with van der Waals surface area (Å²) in [7, 11) is -21.0. The number of benzene rings is 2. The maximum atomic E-state index is 13.0.